The fourth-order valence-corrected chi connectivity index (χ4v) is 3.77. The van der Waals surface area contributed by atoms with E-state index in [1.807, 2.05) is 0 Å². The molecule has 0 bridgehead atoms. The highest BCUT2D eigenvalue weighted by Crippen LogP contribution is 2.14. The molecule has 15 heavy (non-hydrogen) atoms. The second kappa shape index (κ2) is 4.58. The molecule has 8 heteroatoms. The summed E-state index contributed by atoms with van der Waals surface area (Å²) in [4.78, 5) is 11.0. The second-order valence-electron chi connectivity index (χ2n) is 2.37. The highest BCUT2D eigenvalue weighted by molar-refractivity contribution is 8.12. The monoisotopic (exact) mass is 254 g/mol. The van der Waals surface area contributed by atoms with Crippen LogP contribution in [0.25, 0.3) is 0 Å². The Hall–Kier alpha value is -1.15. The van der Waals surface area contributed by atoms with Crippen LogP contribution in [0.3, 0.4) is 0 Å². The van der Waals surface area contributed by atoms with Crippen LogP contribution in [-0.2, 0) is 29.2 Å². The SMILES string of the molecule is C=CS(=O)(=O)C(C(=O)OC)S(=O)(=O)C=C. The fourth-order valence-electron chi connectivity index (χ4n) is 0.726. The zero-order valence-electron chi connectivity index (χ0n) is 7.91. The topological polar surface area (TPSA) is 94.6 Å². The summed E-state index contributed by atoms with van der Waals surface area (Å²) in [6.45, 7) is 5.85. The maximum Gasteiger partial charge on any atom is 0.340 e. The summed E-state index contributed by atoms with van der Waals surface area (Å²) in [5.74, 6) is -1.39. The van der Waals surface area contributed by atoms with Crippen LogP contribution < -0.4 is 0 Å². The van der Waals surface area contributed by atoms with Gasteiger partial charge in [-0.3, -0.25) is 0 Å². The first-order valence-corrected chi connectivity index (χ1v) is 6.75. The zero-order valence-corrected chi connectivity index (χ0v) is 9.55. The van der Waals surface area contributed by atoms with Crippen molar-refractivity contribution in [1.82, 2.24) is 0 Å². The van der Waals surface area contributed by atoms with E-state index in [1.54, 1.807) is 0 Å². The Morgan fingerprint density at radius 2 is 1.47 bits per heavy atom. The number of carbonyl (C=O) groups is 1. The molecule has 0 fully saturated rings. The van der Waals surface area contributed by atoms with Crippen molar-refractivity contribution >= 4 is 25.6 Å². The molecule has 0 amide bonds. The van der Waals surface area contributed by atoms with Gasteiger partial charge in [0.15, 0.2) is 19.7 Å². The molecular weight excluding hydrogens is 244 g/mol. The molecule has 0 atom stereocenters. The number of sulfone groups is 2. The van der Waals surface area contributed by atoms with Crippen LogP contribution in [0.15, 0.2) is 24.0 Å². The van der Waals surface area contributed by atoms with Gasteiger partial charge in [0.25, 0.3) is 4.58 Å². The molecule has 0 aromatic heterocycles. The summed E-state index contributed by atoms with van der Waals surface area (Å²) >= 11 is 0. The molecule has 0 unspecified atom stereocenters. The molecule has 0 rings (SSSR count). The van der Waals surface area contributed by atoms with Crippen LogP contribution in [-0.4, -0.2) is 34.5 Å². The molecule has 0 aliphatic carbocycles. The van der Waals surface area contributed by atoms with Crippen molar-refractivity contribution in [2.45, 2.75) is 4.58 Å². The van der Waals surface area contributed by atoms with Crippen LogP contribution in [0.1, 0.15) is 0 Å². The average Bonchev–Trinajstić information content (AvgIpc) is 2.17. The molecule has 0 saturated carbocycles. The van der Waals surface area contributed by atoms with Gasteiger partial charge in [-0.1, -0.05) is 13.2 Å². The molecule has 86 valence electrons. The first kappa shape index (κ1) is 13.8. The summed E-state index contributed by atoms with van der Waals surface area (Å²) in [5.41, 5.74) is 0. The molecule has 0 radical (unpaired) electrons. The van der Waals surface area contributed by atoms with Crippen molar-refractivity contribution in [2.75, 3.05) is 7.11 Å². The second-order valence-corrected chi connectivity index (χ2v) is 6.63. The zero-order chi connectivity index (χ0) is 12.3. The molecule has 0 spiro atoms. The van der Waals surface area contributed by atoms with Crippen LogP contribution in [0.4, 0.5) is 0 Å². The minimum atomic E-state index is -4.31. The van der Waals surface area contributed by atoms with Gasteiger partial charge >= 0.3 is 5.97 Å². The quantitative estimate of drug-likeness (QED) is 0.620. The van der Waals surface area contributed by atoms with Gasteiger partial charge in [0.2, 0.25) is 0 Å². The van der Waals surface area contributed by atoms with E-state index < -0.39 is 30.2 Å². The minimum Gasteiger partial charge on any atom is -0.467 e. The number of esters is 1. The van der Waals surface area contributed by atoms with Crippen molar-refractivity contribution in [1.29, 1.82) is 0 Å². The number of carbonyl (C=O) groups excluding carboxylic acids is 1. The Morgan fingerprint density at radius 3 is 1.67 bits per heavy atom. The van der Waals surface area contributed by atoms with Gasteiger partial charge in [-0.2, -0.15) is 0 Å². The van der Waals surface area contributed by atoms with Gasteiger partial charge in [-0.05, 0) is 0 Å². The first-order valence-electron chi connectivity index (χ1n) is 3.53. The van der Waals surface area contributed by atoms with Crippen LogP contribution in [0.5, 0.6) is 0 Å². The van der Waals surface area contributed by atoms with Crippen molar-refractivity contribution in [2.24, 2.45) is 0 Å². The van der Waals surface area contributed by atoms with E-state index in [-0.39, 0.29) is 0 Å². The predicted molar refractivity (Wildman–Crippen MR) is 54.0 cm³/mol. The maximum atomic E-state index is 11.3. The lowest BCUT2D eigenvalue weighted by Crippen LogP contribution is -2.36. The number of hydrogen-bond donors (Lipinski definition) is 0. The molecule has 0 N–H and O–H groups in total. The lowest BCUT2D eigenvalue weighted by molar-refractivity contribution is -0.138. The summed E-state index contributed by atoms with van der Waals surface area (Å²) in [6, 6.07) is 0. The Kier molecular flexibility index (Phi) is 4.23. The van der Waals surface area contributed by atoms with Crippen molar-refractivity contribution < 1.29 is 26.4 Å². The average molecular weight is 254 g/mol. The summed E-state index contributed by atoms with van der Waals surface area (Å²) in [7, 11) is -7.74. The van der Waals surface area contributed by atoms with Crippen LogP contribution in [0, 0.1) is 0 Å². The smallest absolute Gasteiger partial charge is 0.340 e. The minimum absolute atomic E-state index is 0.385. The van der Waals surface area contributed by atoms with Crippen LogP contribution >= 0.6 is 0 Å². The molecule has 0 aromatic carbocycles. The number of ether oxygens (including phenoxy) is 1. The molecule has 0 aromatic rings. The van der Waals surface area contributed by atoms with Gasteiger partial charge in [-0.15, -0.1) is 0 Å². The third kappa shape index (κ3) is 2.90. The van der Waals surface area contributed by atoms with Crippen molar-refractivity contribution in [3.8, 4) is 0 Å². The summed E-state index contributed by atoms with van der Waals surface area (Å²) < 4.78 is 46.8. The molecule has 0 saturated heterocycles. The van der Waals surface area contributed by atoms with Crippen molar-refractivity contribution in [3.63, 3.8) is 0 Å². The Balaban J connectivity index is 5.79. The van der Waals surface area contributed by atoms with Crippen molar-refractivity contribution in [3.05, 3.63) is 24.0 Å². The van der Waals surface area contributed by atoms with Gasteiger partial charge < -0.3 is 4.74 Å². The highest BCUT2D eigenvalue weighted by atomic mass is 32.3. The summed E-state index contributed by atoms with van der Waals surface area (Å²) in [5, 5.41) is 0.769. The van der Waals surface area contributed by atoms with E-state index >= 15 is 0 Å². The van der Waals surface area contributed by atoms with Crippen LogP contribution in [0.2, 0.25) is 0 Å². The maximum absolute atomic E-state index is 11.3. The molecular formula is C7H10O6S2. The Bertz CT molecular complexity index is 432. The number of rotatable bonds is 5. The van der Waals surface area contributed by atoms with E-state index in [9.17, 15) is 21.6 Å². The van der Waals surface area contributed by atoms with Gasteiger partial charge in [0.1, 0.15) is 0 Å². The lowest BCUT2D eigenvalue weighted by atomic mass is 10.8. The normalized spacial score (nSPS) is 12.1. The third-order valence-corrected chi connectivity index (χ3v) is 5.57. The molecule has 0 aliphatic rings. The summed E-state index contributed by atoms with van der Waals surface area (Å²) in [6.07, 6.45) is 0. The van der Waals surface area contributed by atoms with E-state index in [0.717, 1.165) is 7.11 Å². The van der Waals surface area contributed by atoms with E-state index in [0.29, 0.717) is 10.8 Å². The number of hydrogen-bond acceptors (Lipinski definition) is 6. The van der Waals surface area contributed by atoms with E-state index in [2.05, 4.69) is 17.9 Å². The standard InChI is InChI=1S/C7H10O6S2/c1-4-14(9,10)7(6(8)13-3)15(11,12)5-2/h4-5,7H,1-2H2,3H3. The molecule has 0 aliphatic heterocycles. The van der Waals surface area contributed by atoms with E-state index in [1.165, 1.54) is 0 Å². The van der Waals surface area contributed by atoms with Gasteiger partial charge in [-0.25, -0.2) is 21.6 Å². The van der Waals surface area contributed by atoms with Gasteiger partial charge in [0, 0.05) is 10.8 Å². The van der Waals surface area contributed by atoms with Gasteiger partial charge in [0.05, 0.1) is 7.11 Å². The Labute approximate surface area is 88.1 Å². The fraction of sp³-hybridized carbons (Fsp3) is 0.286. The Morgan fingerprint density at radius 1 is 1.13 bits per heavy atom. The lowest BCUT2D eigenvalue weighted by Gasteiger charge is -2.10. The third-order valence-electron chi connectivity index (χ3n) is 1.46. The highest BCUT2D eigenvalue weighted by Gasteiger charge is 2.41. The number of methoxy groups -OCH3 is 1. The molecule has 6 nitrogen and oxygen atoms in total. The molecule has 0 heterocycles. The largest absolute Gasteiger partial charge is 0.467 e. The first-order chi connectivity index (χ1) is 6.72. The van der Waals surface area contributed by atoms with E-state index in [4.69, 9.17) is 0 Å². The predicted octanol–water partition coefficient (Wildman–Crippen LogP) is -0.398.